The van der Waals surface area contributed by atoms with Crippen LogP contribution in [0.1, 0.15) is 5.69 Å². The summed E-state index contributed by atoms with van der Waals surface area (Å²) < 4.78 is 0. The number of rotatable bonds is 2. The predicted octanol–water partition coefficient (Wildman–Crippen LogP) is 3.83. The van der Waals surface area contributed by atoms with Crippen molar-refractivity contribution in [3.8, 4) is 17.0 Å². The van der Waals surface area contributed by atoms with E-state index in [1.165, 1.54) is 0 Å². The van der Waals surface area contributed by atoms with Crippen molar-refractivity contribution < 1.29 is 5.11 Å². The van der Waals surface area contributed by atoms with Crippen molar-refractivity contribution in [3.05, 3.63) is 48.2 Å². The quantitative estimate of drug-likeness (QED) is 0.526. The van der Waals surface area contributed by atoms with E-state index < -0.39 is 0 Å². The first-order valence-electron chi connectivity index (χ1n) is 7.42. The van der Waals surface area contributed by atoms with Crippen molar-refractivity contribution in [1.29, 1.82) is 0 Å². The molecule has 3 N–H and O–H groups in total. The Morgan fingerprint density at radius 2 is 1.91 bits per heavy atom. The molecular formula is C18H16N4O. The van der Waals surface area contributed by atoms with Gasteiger partial charge in [0, 0.05) is 29.0 Å². The minimum absolute atomic E-state index is 0.269. The Morgan fingerprint density at radius 3 is 2.74 bits per heavy atom. The predicted molar refractivity (Wildman–Crippen MR) is 92.8 cm³/mol. The molecule has 4 rings (SSSR count). The first kappa shape index (κ1) is 13.6. The zero-order chi connectivity index (χ0) is 16.0. The lowest BCUT2D eigenvalue weighted by molar-refractivity contribution is 0.476. The fourth-order valence-electron chi connectivity index (χ4n) is 2.84. The molecule has 0 atom stereocenters. The lowest BCUT2D eigenvalue weighted by Gasteiger charge is -2.06. The normalized spacial score (nSPS) is 11.2. The molecule has 5 heteroatoms. The molecule has 5 nitrogen and oxygen atoms in total. The maximum absolute atomic E-state index is 9.60. The number of H-pyrrole nitrogens is 1. The van der Waals surface area contributed by atoms with Crippen molar-refractivity contribution >= 4 is 27.8 Å². The van der Waals surface area contributed by atoms with Crippen LogP contribution in [0.25, 0.3) is 33.1 Å². The molecule has 0 saturated heterocycles. The maximum atomic E-state index is 9.60. The molecule has 0 bridgehead atoms. The van der Waals surface area contributed by atoms with E-state index in [0.717, 1.165) is 38.8 Å². The number of benzene rings is 2. The highest BCUT2D eigenvalue weighted by molar-refractivity contribution is 5.90. The second-order valence-electron chi connectivity index (χ2n) is 5.57. The van der Waals surface area contributed by atoms with Gasteiger partial charge in [-0.15, -0.1) is 0 Å². The standard InChI is InChI=1S/C18H16N4O/c1-10-14-8-11(3-5-16(14)22-18(19-2)20-10)17-9-12-7-13(23)4-6-15(12)21-17/h3-9,21,23H,1-2H3,(H,19,20,22). The van der Waals surface area contributed by atoms with E-state index >= 15 is 0 Å². The molecule has 0 radical (unpaired) electrons. The monoisotopic (exact) mass is 304 g/mol. The van der Waals surface area contributed by atoms with Gasteiger partial charge in [0.05, 0.1) is 11.2 Å². The first-order chi connectivity index (χ1) is 11.1. The van der Waals surface area contributed by atoms with Gasteiger partial charge in [-0.05, 0) is 48.9 Å². The minimum Gasteiger partial charge on any atom is -0.508 e. The summed E-state index contributed by atoms with van der Waals surface area (Å²) in [5.74, 6) is 0.897. The van der Waals surface area contributed by atoms with Crippen LogP contribution in [0.3, 0.4) is 0 Å². The number of phenolic OH excluding ortho intramolecular Hbond substituents is 1. The number of aromatic hydroxyl groups is 1. The number of aryl methyl sites for hydroxylation is 1. The van der Waals surface area contributed by atoms with E-state index in [1.54, 1.807) is 12.1 Å². The van der Waals surface area contributed by atoms with Crippen LogP contribution in [0.5, 0.6) is 5.75 Å². The molecule has 0 spiro atoms. The fourth-order valence-corrected chi connectivity index (χ4v) is 2.84. The van der Waals surface area contributed by atoms with Gasteiger partial charge in [0.25, 0.3) is 0 Å². The van der Waals surface area contributed by atoms with Gasteiger partial charge in [0.2, 0.25) is 5.95 Å². The van der Waals surface area contributed by atoms with Crippen LogP contribution in [-0.2, 0) is 0 Å². The third-order valence-electron chi connectivity index (χ3n) is 4.03. The molecule has 2 heterocycles. The van der Waals surface area contributed by atoms with E-state index in [1.807, 2.05) is 38.2 Å². The molecule has 0 fully saturated rings. The zero-order valence-corrected chi connectivity index (χ0v) is 12.9. The van der Waals surface area contributed by atoms with Crippen LogP contribution in [0.15, 0.2) is 42.5 Å². The van der Waals surface area contributed by atoms with Gasteiger partial charge in [-0.3, -0.25) is 0 Å². The number of aromatic nitrogens is 3. The number of hydrogen-bond acceptors (Lipinski definition) is 4. The highest BCUT2D eigenvalue weighted by Crippen LogP contribution is 2.29. The van der Waals surface area contributed by atoms with E-state index in [2.05, 4.69) is 26.3 Å². The average Bonchev–Trinajstić information content (AvgIpc) is 2.97. The number of phenols is 1. The molecule has 0 aliphatic rings. The SMILES string of the molecule is CNc1nc(C)c2cc(-c3cc4cc(O)ccc4[nH]3)ccc2n1. The highest BCUT2D eigenvalue weighted by Gasteiger charge is 2.08. The number of anilines is 1. The van der Waals surface area contributed by atoms with E-state index in [4.69, 9.17) is 0 Å². The van der Waals surface area contributed by atoms with Gasteiger partial charge in [0.1, 0.15) is 5.75 Å². The molecule has 4 aromatic rings. The maximum Gasteiger partial charge on any atom is 0.223 e. The summed E-state index contributed by atoms with van der Waals surface area (Å²) in [6.45, 7) is 1.98. The summed E-state index contributed by atoms with van der Waals surface area (Å²) in [6, 6.07) is 13.5. The van der Waals surface area contributed by atoms with E-state index in [0.29, 0.717) is 5.95 Å². The lowest BCUT2D eigenvalue weighted by atomic mass is 10.1. The molecular weight excluding hydrogens is 288 g/mol. The molecule has 0 aliphatic carbocycles. The van der Waals surface area contributed by atoms with E-state index in [9.17, 15) is 5.11 Å². The highest BCUT2D eigenvalue weighted by atomic mass is 16.3. The molecule has 0 amide bonds. The van der Waals surface area contributed by atoms with Gasteiger partial charge in [-0.2, -0.15) is 0 Å². The molecule has 0 aliphatic heterocycles. The Labute approximate surface area is 133 Å². The third kappa shape index (κ3) is 2.26. The summed E-state index contributed by atoms with van der Waals surface area (Å²) in [6.07, 6.45) is 0. The number of nitrogens with zero attached hydrogens (tertiary/aromatic N) is 2. The third-order valence-corrected chi connectivity index (χ3v) is 4.03. The Kier molecular flexibility index (Phi) is 2.94. The van der Waals surface area contributed by atoms with Crippen LogP contribution in [0.4, 0.5) is 5.95 Å². The minimum atomic E-state index is 0.269. The zero-order valence-electron chi connectivity index (χ0n) is 12.9. The summed E-state index contributed by atoms with van der Waals surface area (Å²) >= 11 is 0. The first-order valence-corrected chi connectivity index (χ1v) is 7.42. The van der Waals surface area contributed by atoms with Gasteiger partial charge in [-0.25, -0.2) is 9.97 Å². The van der Waals surface area contributed by atoms with Crippen LogP contribution < -0.4 is 5.32 Å². The van der Waals surface area contributed by atoms with Gasteiger partial charge < -0.3 is 15.4 Å². The van der Waals surface area contributed by atoms with Crippen LogP contribution >= 0.6 is 0 Å². The van der Waals surface area contributed by atoms with Crippen molar-refractivity contribution in [2.75, 3.05) is 12.4 Å². The molecule has 2 aromatic carbocycles. The van der Waals surface area contributed by atoms with Crippen molar-refractivity contribution in [3.63, 3.8) is 0 Å². The van der Waals surface area contributed by atoms with E-state index in [-0.39, 0.29) is 5.75 Å². The summed E-state index contributed by atoms with van der Waals surface area (Å²) in [4.78, 5) is 12.3. The van der Waals surface area contributed by atoms with Crippen LogP contribution in [0, 0.1) is 6.92 Å². The molecule has 0 unspecified atom stereocenters. The summed E-state index contributed by atoms with van der Waals surface area (Å²) in [5.41, 5.74) is 4.92. The number of aromatic amines is 1. The molecule has 23 heavy (non-hydrogen) atoms. The van der Waals surface area contributed by atoms with Crippen molar-refractivity contribution in [2.24, 2.45) is 0 Å². The largest absolute Gasteiger partial charge is 0.508 e. The average molecular weight is 304 g/mol. The van der Waals surface area contributed by atoms with Crippen LogP contribution in [-0.4, -0.2) is 27.1 Å². The Bertz CT molecular complexity index is 1040. The number of fused-ring (bicyclic) bond motifs is 2. The van der Waals surface area contributed by atoms with Crippen LogP contribution in [0.2, 0.25) is 0 Å². The topological polar surface area (TPSA) is 73.8 Å². The van der Waals surface area contributed by atoms with Crippen molar-refractivity contribution in [2.45, 2.75) is 6.92 Å². The molecule has 114 valence electrons. The Morgan fingerprint density at radius 1 is 1.04 bits per heavy atom. The second-order valence-corrected chi connectivity index (χ2v) is 5.57. The van der Waals surface area contributed by atoms with Gasteiger partial charge in [-0.1, -0.05) is 6.07 Å². The number of nitrogens with one attached hydrogen (secondary N) is 2. The fraction of sp³-hybridized carbons (Fsp3) is 0.111. The van der Waals surface area contributed by atoms with Crippen molar-refractivity contribution in [1.82, 2.24) is 15.0 Å². The Balaban J connectivity index is 1.88. The summed E-state index contributed by atoms with van der Waals surface area (Å²) in [7, 11) is 1.81. The lowest BCUT2D eigenvalue weighted by Crippen LogP contribution is -1.98. The summed E-state index contributed by atoms with van der Waals surface area (Å²) in [5, 5.41) is 14.6. The number of hydrogen-bond donors (Lipinski definition) is 3. The van der Waals surface area contributed by atoms with Gasteiger partial charge in [0.15, 0.2) is 0 Å². The second kappa shape index (κ2) is 4.98. The smallest absolute Gasteiger partial charge is 0.223 e. The van der Waals surface area contributed by atoms with Gasteiger partial charge >= 0.3 is 0 Å². The Hall–Kier alpha value is -3.08. The molecule has 0 saturated carbocycles. The molecule has 2 aromatic heterocycles.